The first-order valence-electron chi connectivity index (χ1n) is 6.15. The van der Waals surface area contributed by atoms with Gasteiger partial charge >= 0.3 is 0 Å². The van der Waals surface area contributed by atoms with Gasteiger partial charge < -0.3 is 5.73 Å². The van der Waals surface area contributed by atoms with Crippen LogP contribution in [-0.2, 0) is 10.0 Å². The number of nitrogens with one attached hydrogen (secondary N) is 1. The van der Waals surface area contributed by atoms with Gasteiger partial charge in [-0.05, 0) is 52.7 Å². The Morgan fingerprint density at radius 2 is 2.21 bits per heavy atom. The molecule has 1 aliphatic rings. The van der Waals surface area contributed by atoms with Crippen molar-refractivity contribution in [2.75, 3.05) is 18.0 Å². The topological polar surface area (TPSA) is 72.2 Å². The van der Waals surface area contributed by atoms with Gasteiger partial charge in [0.2, 0.25) is 10.0 Å². The molecule has 0 amide bonds. The fraction of sp³-hybridized carbons (Fsp3) is 0.500. The number of nitrogen functional groups attached to an aromatic ring is 1. The first-order chi connectivity index (χ1) is 8.99. The van der Waals surface area contributed by atoms with Crippen molar-refractivity contribution in [2.24, 2.45) is 0 Å². The molecule has 1 aliphatic heterocycles. The van der Waals surface area contributed by atoms with Crippen LogP contribution < -0.4 is 10.5 Å². The monoisotopic (exact) mass is 364 g/mol. The van der Waals surface area contributed by atoms with E-state index in [4.69, 9.17) is 5.73 Å². The minimum atomic E-state index is -3.47. The van der Waals surface area contributed by atoms with Gasteiger partial charge in [0, 0.05) is 22.0 Å². The first kappa shape index (κ1) is 15.2. The second-order valence-corrected chi connectivity index (χ2v) is 8.53. The van der Waals surface area contributed by atoms with Crippen molar-refractivity contribution in [3.63, 3.8) is 0 Å². The molecule has 19 heavy (non-hydrogen) atoms. The second-order valence-electron chi connectivity index (χ2n) is 4.53. The Labute approximate surface area is 126 Å². The van der Waals surface area contributed by atoms with Crippen LogP contribution in [0.5, 0.6) is 0 Å². The first-order valence-corrected chi connectivity index (χ1v) is 9.48. The Balaban J connectivity index is 2.05. The largest absolute Gasteiger partial charge is 0.399 e. The maximum Gasteiger partial charge on any atom is 0.241 e. The lowest BCUT2D eigenvalue weighted by Gasteiger charge is -2.21. The van der Waals surface area contributed by atoms with Crippen LogP contribution in [0.4, 0.5) is 5.69 Å². The third kappa shape index (κ3) is 4.11. The van der Waals surface area contributed by atoms with E-state index in [-0.39, 0.29) is 4.90 Å². The van der Waals surface area contributed by atoms with E-state index in [1.165, 1.54) is 18.9 Å². The molecular formula is C12H17BrN2O2S2. The second kappa shape index (κ2) is 6.47. The van der Waals surface area contributed by atoms with Crippen LogP contribution in [0.15, 0.2) is 27.6 Å². The summed E-state index contributed by atoms with van der Waals surface area (Å²) >= 11 is 5.09. The zero-order chi connectivity index (χ0) is 13.9. The number of hydrogen-bond donors (Lipinski definition) is 2. The molecule has 1 aromatic rings. The summed E-state index contributed by atoms with van der Waals surface area (Å²) in [5.74, 6) is 1.12. The zero-order valence-electron chi connectivity index (χ0n) is 10.4. The molecule has 1 aromatic carbocycles. The predicted molar refractivity (Wildman–Crippen MR) is 83.8 cm³/mol. The lowest BCUT2D eigenvalue weighted by Crippen LogP contribution is -2.32. The highest BCUT2D eigenvalue weighted by Crippen LogP contribution is 2.26. The van der Waals surface area contributed by atoms with E-state index in [1.807, 2.05) is 11.8 Å². The van der Waals surface area contributed by atoms with Gasteiger partial charge in [-0.3, -0.25) is 0 Å². The minimum absolute atomic E-state index is 0.238. The molecule has 1 heterocycles. The SMILES string of the molecule is Nc1ccc(S(=O)(=O)NCC2CCCCS2)c(Br)c1. The average molecular weight is 365 g/mol. The van der Waals surface area contributed by atoms with Gasteiger partial charge in [-0.1, -0.05) is 6.42 Å². The van der Waals surface area contributed by atoms with Crippen molar-refractivity contribution in [1.82, 2.24) is 4.72 Å². The summed E-state index contributed by atoms with van der Waals surface area (Å²) in [6.07, 6.45) is 3.50. The Morgan fingerprint density at radius 3 is 2.84 bits per heavy atom. The lowest BCUT2D eigenvalue weighted by atomic mass is 10.2. The van der Waals surface area contributed by atoms with Crippen LogP contribution in [0.25, 0.3) is 0 Å². The fourth-order valence-electron chi connectivity index (χ4n) is 1.98. The lowest BCUT2D eigenvalue weighted by molar-refractivity contribution is 0.573. The molecule has 106 valence electrons. The Morgan fingerprint density at radius 1 is 1.42 bits per heavy atom. The van der Waals surface area contributed by atoms with Crippen LogP contribution in [-0.4, -0.2) is 26.0 Å². The van der Waals surface area contributed by atoms with Gasteiger partial charge in [0.05, 0.1) is 4.90 Å². The van der Waals surface area contributed by atoms with Crippen molar-refractivity contribution in [1.29, 1.82) is 0 Å². The summed E-state index contributed by atoms with van der Waals surface area (Å²) in [6, 6.07) is 4.72. The summed E-state index contributed by atoms with van der Waals surface area (Å²) < 4.78 is 27.6. The Kier molecular flexibility index (Phi) is 5.16. The van der Waals surface area contributed by atoms with Gasteiger partial charge in [0.1, 0.15) is 0 Å². The van der Waals surface area contributed by atoms with Gasteiger partial charge in [0.25, 0.3) is 0 Å². The van der Waals surface area contributed by atoms with Crippen LogP contribution in [0.2, 0.25) is 0 Å². The molecule has 0 aromatic heterocycles. The van der Waals surface area contributed by atoms with Crippen LogP contribution in [0.1, 0.15) is 19.3 Å². The van der Waals surface area contributed by atoms with Gasteiger partial charge in [-0.25, -0.2) is 13.1 Å². The molecule has 4 nitrogen and oxygen atoms in total. The number of rotatable bonds is 4. The summed E-state index contributed by atoms with van der Waals surface area (Å²) in [4.78, 5) is 0.238. The highest BCUT2D eigenvalue weighted by atomic mass is 79.9. The predicted octanol–water partition coefficient (Wildman–Crippen LogP) is 2.60. The number of benzene rings is 1. The highest BCUT2D eigenvalue weighted by Gasteiger charge is 2.21. The number of sulfonamides is 1. The van der Waals surface area contributed by atoms with E-state index < -0.39 is 10.0 Å². The number of thioether (sulfide) groups is 1. The molecule has 2 rings (SSSR count). The molecule has 0 bridgehead atoms. The number of halogens is 1. The average Bonchev–Trinajstić information content (AvgIpc) is 2.37. The van der Waals surface area contributed by atoms with Crippen LogP contribution >= 0.6 is 27.7 Å². The van der Waals surface area contributed by atoms with Crippen LogP contribution in [0, 0.1) is 0 Å². The molecule has 0 aliphatic carbocycles. The van der Waals surface area contributed by atoms with Gasteiger partial charge in [0.15, 0.2) is 0 Å². The summed E-state index contributed by atoms with van der Waals surface area (Å²) in [5, 5.41) is 0.385. The maximum absolute atomic E-state index is 12.2. The molecule has 3 N–H and O–H groups in total. The van der Waals surface area contributed by atoms with Crippen molar-refractivity contribution < 1.29 is 8.42 Å². The smallest absolute Gasteiger partial charge is 0.241 e. The Hall–Kier alpha value is -0.240. The van der Waals surface area contributed by atoms with Crippen molar-refractivity contribution in [2.45, 2.75) is 29.4 Å². The maximum atomic E-state index is 12.2. The molecule has 7 heteroatoms. The highest BCUT2D eigenvalue weighted by molar-refractivity contribution is 9.10. The van der Waals surface area contributed by atoms with Gasteiger partial charge in [-0.15, -0.1) is 0 Å². The summed E-state index contributed by atoms with van der Waals surface area (Å²) in [6.45, 7) is 0.490. The van der Waals surface area contributed by atoms with Gasteiger partial charge in [-0.2, -0.15) is 11.8 Å². The third-order valence-corrected chi connectivity index (χ3v) is 6.82. The number of nitrogens with two attached hydrogens (primary N) is 1. The molecule has 0 radical (unpaired) electrons. The van der Waals surface area contributed by atoms with Crippen molar-refractivity contribution in [3.8, 4) is 0 Å². The van der Waals surface area contributed by atoms with Crippen molar-refractivity contribution in [3.05, 3.63) is 22.7 Å². The zero-order valence-corrected chi connectivity index (χ0v) is 13.7. The third-order valence-electron chi connectivity index (χ3n) is 3.02. The summed E-state index contributed by atoms with van der Waals surface area (Å²) in [7, 11) is -3.47. The van der Waals surface area contributed by atoms with E-state index in [2.05, 4.69) is 20.7 Å². The molecular weight excluding hydrogens is 348 g/mol. The standard InChI is InChI=1S/C12H17BrN2O2S2/c13-11-7-9(14)4-5-12(11)19(16,17)15-8-10-3-1-2-6-18-10/h4-5,7,10,15H,1-3,6,8,14H2. The molecule has 0 saturated carbocycles. The molecule has 1 atom stereocenters. The summed E-state index contributed by atoms with van der Waals surface area (Å²) in [5.41, 5.74) is 6.15. The minimum Gasteiger partial charge on any atom is -0.399 e. The Bertz CT molecular complexity index is 543. The van der Waals surface area contributed by atoms with E-state index in [0.717, 1.165) is 12.2 Å². The van der Waals surface area contributed by atoms with E-state index in [0.29, 0.717) is 22.0 Å². The van der Waals surface area contributed by atoms with E-state index in [1.54, 1.807) is 12.1 Å². The molecule has 0 spiro atoms. The molecule has 1 saturated heterocycles. The molecule has 1 unspecified atom stereocenters. The fourth-order valence-corrected chi connectivity index (χ4v) is 5.50. The van der Waals surface area contributed by atoms with Crippen LogP contribution in [0.3, 0.4) is 0 Å². The number of anilines is 1. The normalized spacial score (nSPS) is 20.4. The van der Waals surface area contributed by atoms with E-state index >= 15 is 0 Å². The van der Waals surface area contributed by atoms with E-state index in [9.17, 15) is 8.42 Å². The van der Waals surface area contributed by atoms with Crippen molar-refractivity contribution >= 4 is 43.4 Å². The quantitative estimate of drug-likeness (QED) is 0.805. The molecule has 1 fully saturated rings. The number of hydrogen-bond acceptors (Lipinski definition) is 4.